The molecule has 5 nitrogen and oxygen atoms in total. The van der Waals surface area contributed by atoms with Gasteiger partial charge in [-0.25, -0.2) is 9.97 Å². The molecule has 1 aliphatic heterocycles. The van der Waals surface area contributed by atoms with Gasteiger partial charge in [0.05, 0.1) is 5.39 Å². The number of aromatic nitrogens is 2. The summed E-state index contributed by atoms with van der Waals surface area (Å²) in [4.78, 5) is 26.1. The zero-order chi connectivity index (χ0) is 13.5. The molecular formula is C14H16N4OS. The van der Waals surface area contributed by atoms with Crippen molar-refractivity contribution >= 4 is 33.3 Å². The highest BCUT2D eigenvalue weighted by atomic mass is 32.1. The molecule has 0 bridgehead atoms. The first kappa shape index (κ1) is 12.1. The minimum Gasteiger partial charge on any atom is -0.352 e. The summed E-state index contributed by atoms with van der Waals surface area (Å²) < 4.78 is 0. The Morgan fingerprint density at radius 3 is 2.75 bits per heavy atom. The van der Waals surface area contributed by atoms with Gasteiger partial charge in [0.1, 0.15) is 17.0 Å². The van der Waals surface area contributed by atoms with Crippen molar-refractivity contribution in [1.82, 2.24) is 14.9 Å². The lowest BCUT2D eigenvalue weighted by molar-refractivity contribution is -0.132. The minimum atomic E-state index is 0.323. The molecule has 0 unspecified atom stereocenters. The Morgan fingerprint density at radius 2 is 2.00 bits per heavy atom. The maximum absolute atomic E-state index is 12.1. The molecule has 3 heterocycles. The van der Waals surface area contributed by atoms with E-state index in [0.29, 0.717) is 11.8 Å². The van der Waals surface area contributed by atoms with Gasteiger partial charge in [0.25, 0.3) is 0 Å². The van der Waals surface area contributed by atoms with Crippen molar-refractivity contribution in [2.24, 2.45) is 5.92 Å². The van der Waals surface area contributed by atoms with Gasteiger partial charge in [-0.15, -0.1) is 11.3 Å². The van der Waals surface area contributed by atoms with Gasteiger partial charge in [-0.3, -0.25) is 4.79 Å². The van der Waals surface area contributed by atoms with Gasteiger partial charge in [-0.05, 0) is 24.3 Å². The number of fused-ring (bicyclic) bond motifs is 1. The van der Waals surface area contributed by atoms with E-state index in [0.717, 1.165) is 55.1 Å². The molecule has 2 aliphatic rings. The monoisotopic (exact) mass is 288 g/mol. The molecule has 2 aromatic heterocycles. The molecule has 2 aromatic rings. The maximum atomic E-state index is 12.1. The predicted octanol–water partition coefficient (Wildman–Crippen LogP) is 1.75. The van der Waals surface area contributed by atoms with Crippen molar-refractivity contribution in [2.75, 3.05) is 31.1 Å². The van der Waals surface area contributed by atoms with E-state index in [9.17, 15) is 4.79 Å². The highest BCUT2D eigenvalue weighted by Crippen LogP contribution is 2.32. The highest BCUT2D eigenvalue weighted by Gasteiger charge is 2.34. The molecule has 0 radical (unpaired) electrons. The Hall–Kier alpha value is -1.69. The lowest BCUT2D eigenvalue weighted by Crippen LogP contribution is -2.49. The van der Waals surface area contributed by atoms with Gasteiger partial charge in [-0.1, -0.05) is 0 Å². The summed E-state index contributed by atoms with van der Waals surface area (Å²) in [6.45, 7) is 3.34. The molecule has 1 aliphatic carbocycles. The molecule has 0 N–H and O–H groups in total. The maximum Gasteiger partial charge on any atom is 0.225 e. The molecule has 1 saturated carbocycles. The topological polar surface area (TPSA) is 49.3 Å². The number of carbonyl (C=O) groups excluding carboxylic acids is 1. The van der Waals surface area contributed by atoms with Crippen LogP contribution >= 0.6 is 11.3 Å². The summed E-state index contributed by atoms with van der Waals surface area (Å²) in [5, 5.41) is 3.18. The second-order valence-corrected chi connectivity index (χ2v) is 6.32. The van der Waals surface area contributed by atoms with Crippen LogP contribution in [0.15, 0.2) is 17.8 Å². The van der Waals surface area contributed by atoms with E-state index in [-0.39, 0.29) is 0 Å². The molecule has 104 valence electrons. The van der Waals surface area contributed by atoms with Crippen molar-refractivity contribution in [3.05, 3.63) is 17.8 Å². The lowest BCUT2D eigenvalue weighted by atomic mass is 10.2. The summed E-state index contributed by atoms with van der Waals surface area (Å²) in [6.07, 6.45) is 3.80. The molecule has 20 heavy (non-hydrogen) atoms. The van der Waals surface area contributed by atoms with Crippen LogP contribution in [0.3, 0.4) is 0 Å². The van der Waals surface area contributed by atoms with Crippen molar-refractivity contribution in [3.63, 3.8) is 0 Å². The quantitative estimate of drug-likeness (QED) is 0.845. The molecule has 1 saturated heterocycles. The van der Waals surface area contributed by atoms with Gasteiger partial charge < -0.3 is 9.80 Å². The summed E-state index contributed by atoms with van der Waals surface area (Å²) in [7, 11) is 0. The van der Waals surface area contributed by atoms with E-state index in [1.807, 2.05) is 4.90 Å². The molecule has 0 spiro atoms. The molecule has 1 amide bonds. The summed E-state index contributed by atoms with van der Waals surface area (Å²) in [5.74, 6) is 1.69. The average molecular weight is 288 g/mol. The number of thiophene rings is 1. The summed E-state index contributed by atoms with van der Waals surface area (Å²) in [5.41, 5.74) is 0. The smallest absolute Gasteiger partial charge is 0.225 e. The Balaban J connectivity index is 1.51. The largest absolute Gasteiger partial charge is 0.352 e. The van der Waals surface area contributed by atoms with Gasteiger partial charge in [0, 0.05) is 32.1 Å². The van der Waals surface area contributed by atoms with Crippen molar-refractivity contribution in [2.45, 2.75) is 12.8 Å². The Morgan fingerprint density at radius 1 is 1.20 bits per heavy atom. The number of rotatable bonds is 2. The van der Waals surface area contributed by atoms with Crippen LogP contribution in [0, 0.1) is 5.92 Å². The zero-order valence-corrected chi connectivity index (χ0v) is 12.0. The first-order valence-corrected chi connectivity index (χ1v) is 7.93. The summed E-state index contributed by atoms with van der Waals surface area (Å²) in [6, 6.07) is 2.08. The SMILES string of the molecule is O=C(C1CC1)N1CCN(c2ncnc3sccc23)CC1. The number of hydrogen-bond donors (Lipinski definition) is 0. The summed E-state index contributed by atoms with van der Waals surface area (Å²) >= 11 is 1.64. The number of carbonyl (C=O) groups is 1. The Kier molecular flexibility index (Phi) is 2.84. The van der Waals surface area contributed by atoms with Crippen LogP contribution in [0.5, 0.6) is 0 Å². The van der Waals surface area contributed by atoms with E-state index in [1.165, 1.54) is 0 Å². The second-order valence-electron chi connectivity index (χ2n) is 5.42. The number of hydrogen-bond acceptors (Lipinski definition) is 5. The number of piperazine rings is 1. The van der Waals surface area contributed by atoms with E-state index < -0.39 is 0 Å². The van der Waals surface area contributed by atoms with E-state index in [2.05, 4.69) is 26.3 Å². The number of anilines is 1. The molecule has 0 atom stereocenters. The van der Waals surface area contributed by atoms with Crippen LogP contribution in [0.25, 0.3) is 10.2 Å². The van der Waals surface area contributed by atoms with E-state index in [4.69, 9.17) is 0 Å². The average Bonchev–Trinajstić information content (AvgIpc) is 3.23. The molecule has 4 rings (SSSR count). The number of nitrogens with zero attached hydrogens (tertiary/aromatic N) is 4. The normalized spacial score (nSPS) is 19.6. The molecular weight excluding hydrogens is 272 g/mol. The molecule has 2 fully saturated rings. The third-order valence-corrected chi connectivity index (χ3v) is 4.88. The van der Waals surface area contributed by atoms with Crippen molar-refractivity contribution in [3.8, 4) is 0 Å². The van der Waals surface area contributed by atoms with E-state index >= 15 is 0 Å². The van der Waals surface area contributed by atoms with Crippen LogP contribution in [0.1, 0.15) is 12.8 Å². The van der Waals surface area contributed by atoms with Gasteiger partial charge in [-0.2, -0.15) is 0 Å². The molecule has 0 aromatic carbocycles. The third kappa shape index (κ3) is 2.04. The first-order valence-electron chi connectivity index (χ1n) is 7.05. The Labute approximate surface area is 121 Å². The lowest BCUT2D eigenvalue weighted by Gasteiger charge is -2.35. The van der Waals surface area contributed by atoms with Crippen LogP contribution in [-0.2, 0) is 4.79 Å². The van der Waals surface area contributed by atoms with Crippen molar-refractivity contribution in [1.29, 1.82) is 0 Å². The fourth-order valence-corrected chi connectivity index (χ4v) is 3.48. The molecule has 6 heteroatoms. The van der Waals surface area contributed by atoms with E-state index in [1.54, 1.807) is 17.7 Å². The minimum absolute atomic E-state index is 0.323. The van der Waals surface area contributed by atoms with Gasteiger partial charge in [0.2, 0.25) is 5.91 Å². The van der Waals surface area contributed by atoms with Crippen LogP contribution < -0.4 is 4.90 Å². The fourth-order valence-electron chi connectivity index (χ4n) is 2.76. The predicted molar refractivity (Wildman–Crippen MR) is 78.9 cm³/mol. The first-order chi connectivity index (χ1) is 9.83. The highest BCUT2D eigenvalue weighted by molar-refractivity contribution is 7.16. The Bertz CT molecular complexity index is 643. The van der Waals surface area contributed by atoms with Crippen LogP contribution in [0.2, 0.25) is 0 Å². The third-order valence-electron chi connectivity index (χ3n) is 4.06. The van der Waals surface area contributed by atoms with Gasteiger partial charge >= 0.3 is 0 Å². The van der Waals surface area contributed by atoms with Crippen LogP contribution in [-0.4, -0.2) is 47.0 Å². The second kappa shape index (κ2) is 4.70. The van der Waals surface area contributed by atoms with Crippen LogP contribution in [0.4, 0.5) is 5.82 Å². The fraction of sp³-hybridized carbons (Fsp3) is 0.500. The number of amides is 1. The van der Waals surface area contributed by atoms with Crippen molar-refractivity contribution < 1.29 is 4.79 Å². The van der Waals surface area contributed by atoms with Gasteiger partial charge in [0.15, 0.2) is 0 Å². The zero-order valence-electron chi connectivity index (χ0n) is 11.2. The standard InChI is InChI=1S/C14H16N4OS/c19-14(10-1-2-10)18-6-4-17(5-7-18)12-11-3-8-20-13(11)16-9-15-12/h3,8-10H,1-2,4-7H2.